The summed E-state index contributed by atoms with van der Waals surface area (Å²) in [6, 6.07) is 5.61. The van der Waals surface area contributed by atoms with Gasteiger partial charge in [0.15, 0.2) is 0 Å². The first-order valence-electron chi connectivity index (χ1n) is 6.42. The molecule has 0 aromatic carbocycles. The number of likely N-dealkylation sites (tertiary alicyclic amines) is 1. The molecule has 1 aliphatic rings. The molecular weight excluding hydrogens is 226 g/mol. The summed E-state index contributed by atoms with van der Waals surface area (Å²) < 4.78 is 0. The summed E-state index contributed by atoms with van der Waals surface area (Å²) in [5, 5.41) is 7.40. The van der Waals surface area contributed by atoms with Crippen molar-refractivity contribution in [3.8, 4) is 0 Å². The van der Waals surface area contributed by atoms with Crippen molar-refractivity contribution in [1.29, 1.82) is 5.41 Å². The number of nitrogen functional groups attached to an aromatic ring is 1. The van der Waals surface area contributed by atoms with E-state index in [0.29, 0.717) is 5.69 Å². The highest BCUT2D eigenvalue weighted by Crippen LogP contribution is 2.11. The number of nitrogens with zero attached hydrogens (tertiary/aromatic N) is 3. The number of anilines is 1. The minimum atomic E-state index is 0.0183. The normalized spacial score (nSPS) is 15.8. The number of rotatable bonds is 5. The van der Waals surface area contributed by atoms with Crippen LogP contribution in [0.15, 0.2) is 18.2 Å². The molecule has 1 aromatic rings. The number of hydrogen-bond acceptors (Lipinski definition) is 4. The minimum Gasteiger partial charge on any atom is -0.382 e. The third-order valence-corrected chi connectivity index (χ3v) is 3.35. The van der Waals surface area contributed by atoms with E-state index in [0.717, 1.165) is 18.9 Å². The molecular formula is C13H21N5. The third kappa shape index (κ3) is 3.20. The van der Waals surface area contributed by atoms with Gasteiger partial charge in [0.2, 0.25) is 0 Å². The number of aromatic nitrogens is 1. The maximum atomic E-state index is 7.40. The minimum absolute atomic E-state index is 0.0183. The molecule has 1 aromatic heterocycles. The third-order valence-electron chi connectivity index (χ3n) is 3.35. The van der Waals surface area contributed by atoms with Gasteiger partial charge in [-0.25, -0.2) is 4.98 Å². The fraction of sp³-hybridized carbons (Fsp3) is 0.538. The monoisotopic (exact) mass is 247 g/mol. The van der Waals surface area contributed by atoms with Gasteiger partial charge in [0, 0.05) is 20.1 Å². The highest BCUT2D eigenvalue weighted by Gasteiger charge is 2.12. The van der Waals surface area contributed by atoms with Gasteiger partial charge in [-0.2, -0.15) is 0 Å². The predicted octanol–water partition coefficient (Wildman–Crippen LogP) is 0.898. The number of likely N-dealkylation sites (N-methyl/N-ethyl adjacent to an activating group) is 1. The maximum Gasteiger partial charge on any atom is 0.141 e. The van der Waals surface area contributed by atoms with Gasteiger partial charge in [0.1, 0.15) is 17.3 Å². The Balaban J connectivity index is 1.93. The van der Waals surface area contributed by atoms with E-state index in [-0.39, 0.29) is 5.84 Å². The number of pyridine rings is 1. The molecule has 2 rings (SSSR count). The largest absolute Gasteiger partial charge is 0.382 e. The lowest BCUT2D eigenvalue weighted by atomic mass is 10.3. The Morgan fingerprint density at radius 2 is 2.17 bits per heavy atom. The van der Waals surface area contributed by atoms with Crippen molar-refractivity contribution in [2.45, 2.75) is 12.8 Å². The van der Waals surface area contributed by atoms with Crippen molar-refractivity contribution < 1.29 is 0 Å². The van der Waals surface area contributed by atoms with Gasteiger partial charge in [0.25, 0.3) is 0 Å². The fourth-order valence-corrected chi connectivity index (χ4v) is 2.20. The van der Waals surface area contributed by atoms with Crippen LogP contribution in [0.25, 0.3) is 0 Å². The van der Waals surface area contributed by atoms with E-state index < -0.39 is 0 Å². The summed E-state index contributed by atoms with van der Waals surface area (Å²) >= 11 is 0. The molecule has 0 atom stereocenters. The smallest absolute Gasteiger partial charge is 0.141 e. The molecule has 2 heterocycles. The summed E-state index contributed by atoms with van der Waals surface area (Å²) in [5.74, 6) is 0.895. The van der Waals surface area contributed by atoms with Crippen LogP contribution in [0.2, 0.25) is 0 Å². The summed E-state index contributed by atoms with van der Waals surface area (Å²) in [6.45, 7) is 4.46. The van der Waals surface area contributed by atoms with Crippen LogP contribution in [0, 0.1) is 5.41 Å². The van der Waals surface area contributed by atoms with Crippen LogP contribution in [0.5, 0.6) is 0 Å². The predicted molar refractivity (Wildman–Crippen MR) is 74.2 cm³/mol. The Hall–Kier alpha value is -1.62. The van der Waals surface area contributed by atoms with Crippen molar-refractivity contribution in [3.05, 3.63) is 23.9 Å². The second kappa shape index (κ2) is 5.82. The van der Waals surface area contributed by atoms with Gasteiger partial charge in [0.05, 0.1) is 0 Å². The molecule has 1 aliphatic heterocycles. The molecule has 0 saturated carbocycles. The molecule has 0 unspecified atom stereocenters. The summed E-state index contributed by atoms with van der Waals surface area (Å²) in [5.41, 5.74) is 5.99. The Morgan fingerprint density at radius 3 is 2.83 bits per heavy atom. The summed E-state index contributed by atoms with van der Waals surface area (Å²) in [4.78, 5) is 8.97. The molecule has 0 amide bonds. The average molecular weight is 247 g/mol. The van der Waals surface area contributed by atoms with Crippen LogP contribution in [-0.2, 0) is 0 Å². The number of nitrogens with one attached hydrogen (secondary N) is 1. The molecule has 5 heteroatoms. The van der Waals surface area contributed by atoms with E-state index in [9.17, 15) is 0 Å². The molecule has 1 fully saturated rings. The van der Waals surface area contributed by atoms with Crippen LogP contribution in [0.4, 0.5) is 5.82 Å². The molecule has 3 N–H and O–H groups in total. The van der Waals surface area contributed by atoms with Crippen LogP contribution in [0.3, 0.4) is 0 Å². The highest BCUT2D eigenvalue weighted by molar-refractivity contribution is 5.93. The molecule has 0 spiro atoms. The number of amidine groups is 1. The Kier molecular flexibility index (Phi) is 4.15. The summed E-state index contributed by atoms with van der Waals surface area (Å²) in [7, 11) is 2.03. The zero-order valence-electron chi connectivity index (χ0n) is 10.9. The van der Waals surface area contributed by atoms with E-state index in [2.05, 4.69) is 14.8 Å². The van der Waals surface area contributed by atoms with Crippen LogP contribution in [-0.4, -0.2) is 48.9 Å². The molecule has 0 aliphatic carbocycles. The van der Waals surface area contributed by atoms with Gasteiger partial charge in [-0.3, -0.25) is 5.41 Å². The van der Waals surface area contributed by atoms with Crippen molar-refractivity contribution >= 4 is 11.7 Å². The van der Waals surface area contributed by atoms with Crippen molar-refractivity contribution in [2.24, 2.45) is 5.73 Å². The first-order valence-corrected chi connectivity index (χ1v) is 6.42. The average Bonchev–Trinajstić information content (AvgIpc) is 2.89. The van der Waals surface area contributed by atoms with E-state index in [4.69, 9.17) is 11.1 Å². The molecule has 5 nitrogen and oxygen atoms in total. The Labute approximate surface area is 108 Å². The highest BCUT2D eigenvalue weighted by atomic mass is 15.2. The molecule has 18 heavy (non-hydrogen) atoms. The van der Waals surface area contributed by atoms with Crippen molar-refractivity contribution in [2.75, 3.05) is 38.1 Å². The lowest BCUT2D eigenvalue weighted by molar-refractivity contribution is 0.346. The van der Waals surface area contributed by atoms with E-state index in [1.165, 1.54) is 25.9 Å². The lowest BCUT2D eigenvalue weighted by Gasteiger charge is -2.22. The SMILES string of the molecule is CN(CCN1CCCC1)c1cccc(C(=N)N)n1. The van der Waals surface area contributed by atoms with Crippen molar-refractivity contribution in [1.82, 2.24) is 9.88 Å². The first kappa shape index (κ1) is 12.8. The Bertz CT molecular complexity index is 412. The second-order valence-electron chi connectivity index (χ2n) is 4.77. The van der Waals surface area contributed by atoms with E-state index in [1.807, 2.05) is 19.2 Å². The van der Waals surface area contributed by atoms with Gasteiger partial charge >= 0.3 is 0 Å². The standard InChI is InChI=1S/C13H21N5/c1-17(9-10-18-7-2-3-8-18)12-6-4-5-11(16-12)13(14)15/h4-6H,2-3,7-10H2,1H3,(H3,14,15). The van der Waals surface area contributed by atoms with Gasteiger partial charge < -0.3 is 15.5 Å². The number of hydrogen-bond donors (Lipinski definition) is 2. The van der Waals surface area contributed by atoms with Crippen LogP contribution < -0.4 is 10.6 Å². The van der Waals surface area contributed by atoms with Crippen molar-refractivity contribution in [3.63, 3.8) is 0 Å². The first-order chi connectivity index (χ1) is 8.66. The van der Waals surface area contributed by atoms with Gasteiger partial charge in [-0.05, 0) is 38.1 Å². The second-order valence-corrected chi connectivity index (χ2v) is 4.77. The molecule has 1 saturated heterocycles. The fourth-order valence-electron chi connectivity index (χ4n) is 2.20. The molecule has 0 radical (unpaired) electrons. The quantitative estimate of drug-likeness (QED) is 0.599. The van der Waals surface area contributed by atoms with Gasteiger partial charge in [-0.15, -0.1) is 0 Å². The zero-order chi connectivity index (χ0) is 13.0. The zero-order valence-corrected chi connectivity index (χ0v) is 10.9. The van der Waals surface area contributed by atoms with E-state index in [1.54, 1.807) is 6.07 Å². The Morgan fingerprint density at radius 1 is 1.44 bits per heavy atom. The van der Waals surface area contributed by atoms with Gasteiger partial charge in [-0.1, -0.05) is 6.07 Å². The topological polar surface area (TPSA) is 69.2 Å². The van der Waals surface area contributed by atoms with Crippen LogP contribution >= 0.6 is 0 Å². The number of nitrogens with two attached hydrogens (primary N) is 1. The molecule has 0 bridgehead atoms. The van der Waals surface area contributed by atoms with E-state index >= 15 is 0 Å². The maximum absolute atomic E-state index is 7.40. The summed E-state index contributed by atoms with van der Waals surface area (Å²) in [6.07, 6.45) is 2.64. The van der Waals surface area contributed by atoms with Crippen LogP contribution in [0.1, 0.15) is 18.5 Å². The molecule has 98 valence electrons. The lowest BCUT2D eigenvalue weighted by Crippen LogP contribution is -2.32.